The number of hydrogen-bond donors (Lipinski definition) is 0. The number of benzene rings is 1. The van der Waals surface area contributed by atoms with Crippen LogP contribution in [-0.4, -0.2) is 47.1 Å². The van der Waals surface area contributed by atoms with Crippen molar-refractivity contribution in [1.82, 2.24) is 14.7 Å². The fraction of sp³-hybridized carbons (Fsp3) is 0.312. The van der Waals surface area contributed by atoms with Gasteiger partial charge < -0.3 is 9.80 Å². The summed E-state index contributed by atoms with van der Waals surface area (Å²) < 4.78 is 15.2. The molecule has 1 heterocycles. The van der Waals surface area contributed by atoms with E-state index in [4.69, 9.17) is 0 Å². The lowest BCUT2D eigenvalue weighted by Crippen LogP contribution is -2.42. The Hall–Kier alpha value is -2.70. The highest BCUT2D eigenvalue weighted by Gasteiger charge is 2.23. The van der Waals surface area contributed by atoms with Crippen molar-refractivity contribution in [3.8, 4) is 0 Å². The van der Waals surface area contributed by atoms with Crippen molar-refractivity contribution in [3.63, 3.8) is 0 Å². The first kappa shape index (κ1) is 16.7. The maximum Gasteiger partial charge on any atom is 0.247 e. The van der Waals surface area contributed by atoms with Gasteiger partial charge in [0.25, 0.3) is 0 Å². The minimum absolute atomic E-state index is 0.144. The number of para-hydroxylation sites is 1. The average molecular weight is 318 g/mol. The van der Waals surface area contributed by atoms with Crippen molar-refractivity contribution in [2.45, 2.75) is 13.0 Å². The molecular formula is C16H19FN4O2. The molecule has 2 rings (SSSR count). The zero-order chi connectivity index (χ0) is 17.0. The van der Waals surface area contributed by atoms with Crippen molar-refractivity contribution in [2.24, 2.45) is 0 Å². The highest BCUT2D eigenvalue weighted by molar-refractivity contribution is 5.96. The molecule has 1 aromatic carbocycles. The molecule has 0 fully saturated rings. The van der Waals surface area contributed by atoms with E-state index in [1.165, 1.54) is 40.7 Å². The van der Waals surface area contributed by atoms with Crippen molar-refractivity contribution in [2.75, 3.05) is 25.5 Å². The van der Waals surface area contributed by atoms with Gasteiger partial charge >= 0.3 is 0 Å². The molecule has 1 aromatic heterocycles. The second-order valence-electron chi connectivity index (χ2n) is 5.26. The Morgan fingerprint density at radius 3 is 2.57 bits per heavy atom. The molecule has 0 aliphatic rings. The summed E-state index contributed by atoms with van der Waals surface area (Å²) in [5, 5.41) is 4.02. The lowest BCUT2D eigenvalue weighted by Gasteiger charge is -2.24. The number of carbonyl (C=O) groups excluding carboxylic acids is 2. The van der Waals surface area contributed by atoms with Crippen LogP contribution in [-0.2, 0) is 9.59 Å². The predicted molar refractivity (Wildman–Crippen MR) is 84.4 cm³/mol. The molecule has 2 amide bonds. The van der Waals surface area contributed by atoms with Gasteiger partial charge in [-0.05, 0) is 25.1 Å². The van der Waals surface area contributed by atoms with Gasteiger partial charge in [0.05, 0.1) is 12.2 Å². The van der Waals surface area contributed by atoms with Gasteiger partial charge in [0.1, 0.15) is 11.9 Å². The fourth-order valence-electron chi connectivity index (χ4n) is 2.19. The lowest BCUT2D eigenvalue weighted by atomic mass is 10.2. The maximum absolute atomic E-state index is 13.7. The largest absolute Gasteiger partial charge is 0.335 e. The zero-order valence-corrected chi connectivity index (χ0v) is 13.3. The molecule has 122 valence electrons. The molecule has 0 aliphatic carbocycles. The van der Waals surface area contributed by atoms with Crippen LogP contribution in [0.2, 0.25) is 0 Å². The Kier molecular flexibility index (Phi) is 5.10. The number of amides is 2. The predicted octanol–water partition coefficient (Wildman–Crippen LogP) is 1.70. The van der Waals surface area contributed by atoms with Crippen molar-refractivity contribution >= 4 is 17.5 Å². The standard InChI is InChI=1S/C16H19FN4O2/c1-12(21-10-6-9-18-21)16(23)19(2)11-15(22)20(3)14-8-5-4-7-13(14)17/h4-10,12H,11H2,1-3H3. The van der Waals surface area contributed by atoms with Crippen molar-refractivity contribution in [3.05, 3.63) is 48.5 Å². The quantitative estimate of drug-likeness (QED) is 0.843. The normalized spacial score (nSPS) is 11.8. The monoisotopic (exact) mass is 318 g/mol. The second-order valence-corrected chi connectivity index (χ2v) is 5.26. The van der Waals surface area contributed by atoms with Crippen LogP contribution in [0.15, 0.2) is 42.7 Å². The Morgan fingerprint density at radius 2 is 1.96 bits per heavy atom. The molecule has 23 heavy (non-hydrogen) atoms. The molecule has 7 heteroatoms. The number of rotatable bonds is 5. The van der Waals surface area contributed by atoms with E-state index in [1.54, 1.807) is 37.5 Å². The number of aromatic nitrogens is 2. The SMILES string of the molecule is CC(C(=O)N(C)CC(=O)N(C)c1ccccc1F)n1cccn1. The minimum Gasteiger partial charge on any atom is -0.335 e. The average Bonchev–Trinajstić information content (AvgIpc) is 3.07. The molecule has 0 bridgehead atoms. The Balaban J connectivity index is 2.02. The van der Waals surface area contributed by atoms with Gasteiger partial charge in [0, 0.05) is 26.5 Å². The van der Waals surface area contributed by atoms with E-state index < -0.39 is 11.9 Å². The van der Waals surface area contributed by atoms with Crippen molar-refractivity contribution in [1.29, 1.82) is 0 Å². The number of carbonyl (C=O) groups is 2. The Bertz CT molecular complexity index is 687. The third kappa shape index (κ3) is 3.74. The molecule has 0 saturated heterocycles. The molecule has 0 N–H and O–H groups in total. The molecule has 1 atom stereocenters. The van der Waals surface area contributed by atoms with E-state index in [1.807, 2.05) is 0 Å². The highest BCUT2D eigenvalue weighted by atomic mass is 19.1. The lowest BCUT2D eigenvalue weighted by molar-refractivity contribution is -0.136. The van der Waals surface area contributed by atoms with Gasteiger partial charge in [-0.2, -0.15) is 5.10 Å². The van der Waals surface area contributed by atoms with Crippen LogP contribution in [0.3, 0.4) is 0 Å². The highest BCUT2D eigenvalue weighted by Crippen LogP contribution is 2.17. The Labute approximate surface area is 134 Å². The van der Waals surface area contributed by atoms with E-state index >= 15 is 0 Å². The number of hydrogen-bond acceptors (Lipinski definition) is 3. The van der Waals surface area contributed by atoms with Gasteiger partial charge in [-0.15, -0.1) is 0 Å². The van der Waals surface area contributed by atoms with Crippen LogP contribution >= 0.6 is 0 Å². The topological polar surface area (TPSA) is 58.4 Å². The summed E-state index contributed by atoms with van der Waals surface area (Å²) in [5.41, 5.74) is 0.179. The van der Waals surface area contributed by atoms with E-state index in [2.05, 4.69) is 5.10 Å². The van der Waals surface area contributed by atoms with Crippen LogP contribution in [0.25, 0.3) is 0 Å². The molecule has 0 radical (unpaired) electrons. The van der Waals surface area contributed by atoms with Gasteiger partial charge in [-0.1, -0.05) is 12.1 Å². The summed E-state index contributed by atoms with van der Waals surface area (Å²) in [6.07, 6.45) is 3.27. The minimum atomic E-state index is -0.512. The van der Waals surface area contributed by atoms with Gasteiger partial charge in [0.2, 0.25) is 11.8 Å². The molecular weight excluding hydrogens is 299 g/mol. The van der Waals surface area contributed by atoms with Crippen LogP contribution in [0.1, 0.15) is 13.0 Å². The first-order valence-corrected chi connectivity index (χ1v) is 7.17. The molecule has 1 unspecified atom stereocenters. The summed E-state index contributed by atoms with van der Waals surface area (Å²) in [6.45, 7) is 1.56. The number of anilines is 1. The number of halogens is 1. The van der Waals surface area contributed by atoms with E-state index in [9.17, 15) is 14.0 Å². The smallest absolute Gasteiger partial charge is 0.247 e. The first-order chi connectivity index (χ1) is 10.9. The third-order valence-corrected chi connectivity index (χ3v) is 3.62. The molecule has 0 spiro atoms. The molecule has 0 saturated carbocycles. The van der Waals surface area contributed by atoms with Crippen LogP contribution in [0, 0.1) is 5.82 Å². The van der Waals surface area contributed by atoms with E-state index in [-0.39, 0.29) is 24.0 Å². The Morgan fingerprint density at radius 1 is 1.26 bits per heavy atom. The molecule has 2 aromatic rings. The van der Waals surface area contributed by atoms with Gasteiger partial charge in [-0.25, -0.2) is 4.39 Å². The summed E-state index contributed by atoms with van der Waals surface area (Å²) in [6, 6.07) is 7.22. The van der Waals surface area contributed by atoms with Crippen LogP contribution in [0.4, 0.5) is 10.1 Å². The van der Waals surface area contributed by atoms with Crippen molar-refractivity contribution < 1.29 is 14.0 Å². The van der Waals surface area contributed by atoms with Gasteiger partial charge in [0.15, 0.2) is 0 Å². The fourth-order valence-corrected chi connectivity index (χ4v) is 2.19. The number of likely N-dealkylation sites (N-methyl/N-ethyl adjacent to an activating group) is 2. The third-order valence-electron chi connectivity index (χ3n) is 3.62. The molecule has 6 nitrogen and oxygen atoms in total. The van der Waals surface area contributed by atoms with Gasteiger partial charge in [-0.3, -0.25) is 14.3 Å². The van der Waals surface area contributed by atoms with Crippen LogP contribution in [0.5, 0.6) is 0 Å². The van der Waals surface area contributed by atoms with Crippen LogP contribution < -0.4 is 4.90 Å². The zero-order valence-electron chi connectivity index (χ0n) is 13.3. The summed E-state index contributed by atoms with van der Waals surface area (Å²) in [7, 11) is 3.02. The molecule has 0 aliphatic heterocycles. The number of nitrogens with zero attached hydrogens (tertiary/aromatic N) is 4. The first-order valence-electron chi connectivity index (χ1n) is 7.17. The second kappa shape index (κ2) is 7.04. The summed E-state index contributed by atoms with van der Waals surface area (Å²) in [4.78, 5) is 27.1. The summed E-state index contributed by atoms with van der Waals surface area (Å²) >= 11 is 0. The summed E-state index contributed by atoms with van der Waals surface area (Å²) in [5.74, 6) is -1.11. The maximum atomic E-state index is 13.7. The van der Waals surface area contributed by atoms with E-state index in [0.29, 0.717) is 0 Å². The van der Waals surface area contributed by atoms with E-state index in [0.717, 1.165) is 0 Å².